The molecule has 15 heavy (non-hydrogen) atoms. The Balaban J connectivity index is 1.82. The molecule has 0 amide bonds. The van der Waals surface area contributed by atoms with Crippen molar-refractivity contribution in [3.05, 3.63) is 0 Å². The summed E-state index contributed by atoms with van der Waals surface area (Å²) in [6.07, 6.45) is 4.61. The maximum absolute atomic E-state index is 11.2. The van der Waals surface area contributed by atoms with E-state index in [-0.39, 0.29) is 5.92 Å². The largest absolute Gasteiger partial charge is 0.481 e. The molecule has 2 aliphatic rings. The Morgan fingerprint density at radius 2 is 2.00 bits per heavy atom. The van der Waals surface area contributed by atoms with Gasteiger partial charge in [0.15, 0.2) is 0 Å². The Labute approximate surface area is 95.0 Å². The lowest BCUT2D eigenvalue weighted by atomic mass is 9.87. The summed E-state index contributed by atoms with van der Waals surface area (Å²) < 4.78 is 0. The molecule has 1 heterocycles. The summed E-state index contributed by atoms with van der Waals surface area (Å²) in [4.78, 5) is 11.2. The first-order valence-corrected chi connectivity index (χ1v) is 6.97. The van der Waals surface area contributed by atoms with E-state index in [0.29, 0.717) is 18.5 Å². The molecule has 2 rings (SSSR count). The second kappa shape index (κ2) is 5.21. The highest BCUT2D eigenvalue weighted by atomic mass is 32.2. The molecule has 0 aromatic rings. The number of carboxylic acids is 1. The van der Waals surface area contributed by atoms with Crippen molar-refractivity contribution in [1.82, 2.24) is 5.32 Å². The molecule has 2 fully saturated rings. The lowest BCUT2D eigenvalue weighted by Gasteiger charge is -2.27. The van der Waals surface area contributed by atoms with E-state index in [4.69, 9.17) is 0 Å². The summed E-state index contributed by atoms with van der Waals surface area (Å²) in [5.41, 5.74) is 0. The van der Waals surface area contributed by atoms with Crippen molar-refractivity contribution < 1.29 is 9.90 Å². The van der Waals surface area contributed by atoms with Gasteiger partial charge >= 0.3 is 5.97 Å². The molecule has 3 nitrogen and oxygen atoms in total. The Bertz CT molecular complexity index is 225. The van der Waals surface area contributed by atoms with Crippen LogP contribution in [0.4, 0.5) is 0 Å². The fourth-order valence-corrected chi connectivity index (χ4v) is 3.30. The van der Waals surface area contributed by atoms with E-state index in [1.165, 1.54) is 12.8 Å². The third-order valence-corrected chi connectivity index (χ3v) is 4.40. The van der Waals surface area contributed by atoms with Crippen LogP contribution in [0.1, 0.15) is 25.7 Å². The van der Waals surface area contributed by atoms with Gasteiger partial charge < -0.3 is 10.4 Å². The van der Waals surface area contributed by atoms with Crippen molar-refractivity contribution in [3.8, 4) is 0 Å². The van der Waals surface area contributed by atoms with E-state index < -0.39 is 5.97 Å². The van der Waals surface area contributed by atoms with Crippen LogP contribution in [0.15, 0.2) is 0 Å². The predicted octanol–water partition coefficient (Wildman–Crippen LogP) is 1.58. The first-order valence-electron chi connectivity index (χ1n) is 5.81. The highest BCUT2D eigenvalue weighted by Gasteiger charge is 2.31. The van der Waals surface area contributed by atoms with Crippen LogP contribution in [0.25, 0.3) is 0 Å². The van der Waals surface area contributed by atoms with Crippen LogP contribution in [0, 0.1) is 11.8 Å². The standard InChI is InChI=1S/C11H19NO2S/c13-11(14)10(7-12-9-1-2-9)8-3-5-15-6-4-8/h8-10,12H,1-7H2,(H,13,14). The van der Waals surface area contributed by atoms with Crippen molar-refractivity contribution in [1.29, 1.82) is 0 Å². The van der Waals surface area contributed by atoms with Gasteiger partial charge in [0.2, 0.25) is 0 Å². The van der Waals surface area contributed by atoms with E-state index >= 15 is 0 Å². The van der Waals surface area contributed by atoms with Crippen molar-refractivity contribution >= 4 is 17.7 Å². The van der Waals surface area contributed by atoms with Gasteiger partial charge in [-0.25, -0.2) is 0 Å². The topological polar surface area (TPSA) is 49.3 Å². The van der Waals surface area contributed by atoms with Gasteiger partial charge in [0.1, 0.15) is 0 Å². The molecule has 1 unspecified atom stereocenters. The summed E-state index contributed by atoms with van der Waals surface area (Å²) >= 11 is 1.95. The Hall–Kier alpha value is -0.220. The summed E-state index contributed by atoms with van der Waals surface area (Å²) in [7, 11) is 0. The Morgan fingerprint density at radius 3 is 2.53 bits per heavy atom. The molecular weight excluding hydrogens is 210 g/mol. The van der Waals surface area contributed by atoms with E-state index in [0.717, 1.165) is 24.3 Å². The number of aliphatic carboxylic acids is 1. The predicted molar refractivity (Wildman–Crippen MR) is 62.2 cm³/mol. The molecule has 86 valence electrons. The maximum atomic E-state index is 11.2. The lowest BCUT2D eigenvalue weighted by Crippen LogP contribution is -2.36. The quantitative estimate of drug-likeness (QED) is 0.751. The average Bonchev–Trinajstić information content (AvgIpc) is 3.03. The van der Waals surface area contributed by atoms with Crippen molar-refractivity contribution in [2.45, 2.75) is 31.7 Å². The van der Waals surface area contributed by atoms with E-state index in [9.17, 15) is 9.90 Å². The fraction of sp³-hybridized carbons (Fsp3) is 0.909. The van der Waals surface area contributed by atoms with Crippen LogP contribution in [0.3, 0.4) is 0 Å². The van der Waals surface area contributed by atoms with Gasteiger partial charge in [-0.3, -0.25) is 4.79 Å². The van der Waals surface area contributed by atoms with Crippen LogP contribution in [0.5, 0.6) is 0 Å². The van der Waals surface area contributed by atoms with Gasteiger partial charge in [-0.2, -0.15) is 11.8 Å². The monoisotopic (exact) mass is 229 g/mol. The molecule has 1 saturated heterocycles. The zero-order chi connectivity index (χ0) is 10.7. The zero-order valence-electron chi connectivity index (χ0n) is 8.95. The summed E-state index contributed by atoms with van der Waals surface area (Å²) in [6, 6.07) is 0.616. The van der Waals surface area contributed by atoms with Crippen molar-refractivity contribution in [3.63, 3.8) is 0 Å². The number of hydrogen-bond donors (Lipinski definition) is 2. The van der Waals surface area contributed by atoms with Crippen LogP contribution in [-0.4, -0.2) is 35.2 Å². The number of nitrogens with one attached hydrogen (secondary N) is 1. The van der Waals surface area contributed by atoms with Crippen molar-refractivity contribution in [2.75, 3.05) is 18.1 Å². The first kappa shape index (κ1) is 11.3. The molecule has 1 aliphatic heterocycles. The lowest BCUT2D eigenvalue weighted by molar-refractivity contribution is -0.143. The smallest absolute Gasteiger partial charge is 0.308 e. The molecule has 1 saturated carbocycles. The summed E-state index contributed by atoms with van der Waals surface area (Å²) in [5.74, 6) is 1.90. The van der Waals surface area contributed by atoms with E-state index in [2.05, 4.69) is 5.32 Å². The zero-order valence-corrected chi connectivity index (χ0v) is 9.76. The Morgan fingerprint density at radius 1 is 1.33 bits per heavy atom. The number of rotatable bonds is 5. The third-order valence-electron chi connectivity index (χ3n) is 3.36. The molecular formula is C11H19NO2S. The summed E-state index contributed by atoms with van der Waals surface area (Å²) in [5, 5.41) is 12.6. The van der Waals surface area contributed by atoms with Crippen LogP contribution < -0.4 is 5.32 Å². The number of carbonyl (C=O) groups is 1. The molecule has 0 bridgehead atoms. The van der Waals surface area contributed by atoms with Gasteiger partial charge in [-0.15, -0.1) is 0 Å². The van der Waals surface area contributed by atoms with Crippen LogP contribution >= 0.6 is 11.8 Å². The second-order valence-corrected chi connectivity index (χ2v) is 5.80. The van der Waals surface area contributed by atoms with Crippen LogP contribution in [-0.2, 0) is 4.79 Å². The number of thioether (sulfide) groups is 1. The first-order chi connectivity index (χ1) is 7.27. The highest BCUT2D eigenvalue weighted by Crippen LogP contribution is 2.29. The summed E-state index contributed by atoms with van der Waals surface area (Å²) in [6.45, 7) is 0.676. The normalized spacial score (nSPS) is 25.1. The molecule has 1 atom stereocenters. The van der Waals surface area contributed by atoms with Gasteiger partial charge in [-0.1, -0.05) is 0 Å². The minimum absolute atomic E-state index is 0.161. The minimum atomic E-state index is -0.611. The molecule has 0 aromatic heterocycles. The van der Waals surface area contributed by atoms with E-state index in [1.807, 2.05) is 11.8 Å². The second-order valence-electron chi connectivity index (χ2n) is 4.58. The molecule has 0 radical (unpaired) electrons. The molecule has 4 heteroatoms. The fourth-order valence-electron chi connectivity index (χ4n) is 2.15. The third kappa shape index (κ3) is 3.38. The molecule has 2 N–H and O–H groups in total. The highest BCUT2D eigenvalue weighted by molar-refractivity contribution is 7.99. The maximum Gasteiger partial charge on any atom is 0.308 e. The van der Waals surface area contributed by atoms with Gasteiger partial charge in [0.25, 0.3) is 0 Å². The average molecular weight is 229 g/mol. The van der Waals surface area contributed by atoms with Gasteiger partial charge in [0.05, 0.1) is 5.92 Å². The van der Waals surface area contributed by atoms with Gasteiger partial charge in [-0.05, 0) is 43.1 Å². The molecule has 0 spiro atoms. The van der Waals surface area contributed by atoms with Crippen molar-refractivity contribution in [2.24, 2.45) is 11.8 Å². The Kier molecular flexibility index (Phi) is 3.92. The van der Waals surface area contributed by atoms with E-state index in [1.54, 1.807) is 0 Å². The molecule has 0 aromatic carbocycles. The minimum Gasteiger partial charge on any atom is -0.481 e. The SMILES string of the molecule is O=C(O)C(CNC1CC1)C1CCSCC1. The van der Waals surface area contributed by atoms with Crippen LogP contribution in [0.2, 0.25) is 0 Å². The van der Waals surface area contributed by atoms with Gasteiger partial charge in [0, 0.05) is 12.6 Å². The number of hydrogen-bond acceptors (Lipinski definition) is 3. The number of carboxylic acid groups (broad SMARTS) is 1. The molecule has 1 aliphatic carbocycles.